The van der Waals surface area contributed by atoms with Crippen molar-refractivity contribution in [3.05, 3.63) is 0 Å². The summed E-state index contributed by atoms with van der Waals surface area (Å²) in [5.74, 6) is -0.543. The second-order valence-corrected chi connectivity index (χ2v) is 5.34. The van der Waals surface area contributed by atoms with E-state index < -0.39 is 18.0 Å². The second-order valence-electron chi connectivity index (χ2n) is 4.36. The summed E-state index contributed by atoms with van der Waals surface area (Å²) in [5, 5.41) is 11.5. The molecular weight excluding hydrogens is 270 g/mol. The standard InChI is InChI=1S/C11H19N3O4S/c1-13-4-5-14(7-9(13)15)11(18)12-8(10(16)17)3-6-19-2/h8H,3-7H2,1-2H3,(H,12,18)(H,16,17). The molecule has 1 fully saturated rings. The zero-order valence-electron chi connectivity index (χ0n) is 11.1. The van der Waals surface area contributed by atoms with Crippen molar-refractivity contribution in [1.29, 1.82) is 0 Å². The van der Waals surface area contributed by atoms with Crippen molar-refractivity contribution in [3.63, 3.8) is 0 Å². The number of likely N-dealkylation sites (N-methyl/N-ethyl adjacent to an activating group) is 1. The predicted molar refractivity (Wildman–Crippen MR) is 72.2 cm³/mol. The number of rotatable bonds is 5. The van der Waals surface area contributed by atoms with Gasteiger partial charge in [-0.25, -0.2) is 9.59 Å². The van der Waals surface area contributed by atoms with Gasteiger partial charge in [-0.3, -0.25) is 4.79 Å². The third-order valence-electron chi connectivity index (χ3n) is 2.95. The van der Waals surface area contributed by atoms with E-state index >= 15 is 0 Å². The van der Waals surface area contributed by atoms with Crippen molar-refractivity contribution < 1.29 is 19.5 Å². The summed E-state index contributed by atoms with van der Waals surface area (Å²) in [4.78, 5) is 37.3. The summed E-state index contributed by atoms with van der Waals surface area (Å²) >= 11 is 1.52. The number of carbonyl (C=O) groups excluding carboxylic acids is 2. The van der Waals surface area contributed by atoms with Gasteiger partial charge in [-0.2, -0.15) is 11.8 Å². The summed E-state index contributed by atoms with van der Waals surface area (Å²) in [6.45, 7) is 0.884. The van der Waals surface area contributed by atoms with Gasteiger partial charge in [0.05, 0.1) is 0 Å². The Morgan fingerprint density at radius 3 is 2.68 bits per heavy atom. The molecule has 1 rings (SSSR count). The Labute approximate surface area is 116 Å². The molecule has 0 saturated carbocycles. The highest BCUT2D eigenvalue weighted by molar-refractivity contribution is 7.98. The number of aliphatic carboxylic acids is 1. The van der Waals surface area contributed by atoms with Crippen LogP contribution in [0.4, 0.5) is 4.79 Å². The number of carbonyl (C=O) groups is 3. The minimum atomic E-state index is -1.05. The normalized spacial score (nSPS) is 17.3. The smallest absolute Gasteiger partial charge is 0.326 e. The van der Waals surface area contributed by atoms with E-state index in [9.17, 15) is 14.4 Å². The number of carboxylic acids is 1. The molecule has 108 valence electrons. The van der Waals surface area contributed by atoms with E-state index in [4.69, 9.17) is 5.11 Å². The van der Waals surface area contributed by atoms with E-state index in [1.165, 1.54) is 16.7 Å². The van der Waals surface area contributed by atoms with E-state index in [0.717, 1.165) is 0 Å². The molecule has 1 aliphatic rings. The van der Waals surface area contributed by atoms with Crippen LogP contribution in [0.5, 0.6) is 0 Å². The van der Waals surface area contributed by atoms with Gasteiger partial charge in [0.1, 0.15) is 12.6 Å². The van der Waals surface area contributed by atoms with Gasteiger partial charge in [-0.15, -0.1) is 0 Å². The van der Waals surface area contributed by atoms with Crippen LogP contribution in [0, 0.1) is 0 Å². The molecule has 1 aliphatic heterocycles. The van der Waals surface area contributed by atoms with E-state index in [0.29, 0.717) is 25.3 Å². The van der Waals surface area contributed by atoms with Crippen LogP contribution in [0.2, 0.25) is 0 Å². The van der Waals surface area contributed by atoms with Crippen LogP contribution in [0.15, 0.2) is 0 Å². The zero-order valence-corrected chi connectivity index (χ0v) is 11.9. The van der Waals surface area contributed by atoms with E-state index in [1.54, 1.807) is 11.9 Å². The molecule has 19 heavy (non-hydrogen) atoms. The molecule has 1 saturated heterocycles. The Hall–Kier alpha value is -1.44. The fourth-order valence-electron chi connectivity index (χ4n) is 1.67. The molecule has 1 unspecified atom stereocenters. The lowest BCUT2D eigenvalue weighted by atomic mass is 10.2. The van der Waals surface area contributed by atoms with Crippen LogP contribution in [-0.2, 0) is 9.59 Å². The van der Waals surface area contributed by atoms with Crippen molar-refractivity contribution in [2.24, 2.45) is 0 Å². The first-order chi connectivity index (χ1) is 8.95. The molecule has 7 nitrogen and oxygen atoms in total. The minimum Gasteiger partial charge on any atom is -0.480 e. The molecule has 0 aromatic heterocycles. The summed E-state index contributed by atoms with van der Waals surface area (Å²) in [5.41, 5.74) is 0. The minimum absolute atomic E-state index is 0.00278. The van der Waals surface area contributed by atoms with Gasteiger partial charge < -0.3 is 20.2 Å². The van der Waals surface area contributed by atoms with Crippen LogP contribution >= 0.6 is 11.8 Å². The molecule has 1 heterocycles. The van der Waals surface area contributed by atoms with Crippen LogP contribution in [0.1, 0.15) is 6.42 Å². The Kier molecular flexibility index (Phi) is 5.94. The third-order valence-corrected chi connectivity index (χ3v) is 3.59. The number of amides is 3. The van der Waals surface area contributed by atoms with Crippen LogP contribution in [0.25, 0.3) is 0 Å². The van der Waals surface area contributed by atoms with Crippen molar-refractivity contribution in [1.82, 2.24) is 15.1 Å². The van der Waals surface area contributed by atoms with Crippen molar-refractivity contribution in [2.75, 3.05) is 38.7 Å². The number of hydrogen-bond donors (Lipinski definition) is 2. The van der Waals surface area contributed by atoms with Gasteiger partial charge in [-0.05, 0) is 18.4 Å². The average molecular weight is 289 g/mol. The van der Waals surface area contributed by atoms with Gasteiger partial charge >= 0.3 is 12.0 Å². The fourth-order valence-corrected chi connectivity index (χ4v) is 2.14. The second kappa shape index (κ2) is 7.22. The van der Waals surface area contributed by atoms with Crippen LogP contribution < -0.4 is 5.32 Å². The topological polar surface area (TPSA) is 90.0 Å². The average Bonchev–Trinajstić information content (AvgIpc) is 2.37. The Bertz CT molecular complexity index is 364. The number of hydrogen-bond acceptors (Lipinski definition) is 4. The molecule has 3 amide bonds. The first-order valence-corrected chi connectivity index (χ1v) is 7.36. The molecule has 0 spiro atoms. The predicted octanol–water partition coefficient (Wildman–Crippen LogP) is -0.324. The summed E-state index contributed by atoms with van der Waals surface area (Å²) in [6, 6.07) is -1.40. The summed E-state index contributed by atoms with van der Waals surface area (Å²) in [6.07, 6.45) is 2.24. The highest BCUT2D eigenvalue weighted by Gasteiger charge is 2.27. The number of nitrogens with zero attached hydrogens (tertiary/aromatic N) is 2. The van der Waals surface area contributed by atoms with E-state index in [-0.39, 0.29) is 12.5 Å². The van der Waals surface area contributed by atoms with Gasteiger partial charge in [0.25, 0.3) is 0 Å². The molecule has 0 aromatic rings. The molecule has 0 aromatic carbocycles. The SMILES string of the molecule is CSCCC(NC(=O)N1CCN(C)C(=O)C1)C(=O)O. The molecule has 0 aliphatic carbocycles. The first-order valence-electron chi connectivity index (χ1n) is 5.97. The van der Waals surface area contributed by atoms with Gasteiger partial charge in [-0.1, -0.05) is 0 Å². The molecule has 8 heteroatoms. The lowest BCUT2D eigenvalue weighted by Crippen LogP contribution is -2.56. The number of piperazine rings is 1. The quantitative estimate of drug-likeness (QED) is 0.724. The summed E-state index contributed by atoms with van der Waals surface area (Å²) in [7, 11) is 1.68. The molecule has 1 atom stereocenters. The maximum absolute atomic E-state index is 11.9. The molecule has 2 N–H and O–H groups in total. The van der Waals surface area contributed by atoms with Crippen molar-refractivity contribution >= 4 is 29.7 Å². The van der Waals surface area contributed by atoms with Gasteiger partial charge in [0.2, 0.25) is 5.91 Å². The monoisotopic (exact) mass is 289 g/mol. The maximum atomic E-state index is 11.9. The first kappa shape index (κ1) is 15.6. The van der Waals surface area contributed by atoms with Crippen LogP contribution in [-0.4, -0.2) is 77.5 Å². The zero-order chi connectivity index (χ0) is 14.4. The number of nitrogens with one attached hydrogen (secondary N) is 1. The van der Waals surface area contributed by atoms with Crippen molar-refractivity contribution in [3.8, 4) is 0 Å². The van der Waals surface area contributed by atoms with Crippen LogP contribution in [0.3, 0.4) is 0 Å². The molecular formula is C11H19N3O4S. The highest BCUT2D eigenvalue weighted by Crippen LogP contribution is 2.05. The Morgan fingerprint density at radius 1 is 1.47 bits per heavy atom. The van der Waals surface area contributed by atoms with Gasteiger partial charge in [0, 0.05) is 20.1 Å². The molecule has 0 radical (unpaired) electrons. The largest absolute Gasteiger partial charge is 0.480 e. The number of carboxylic acid groups (broad SMARTS) is 1. The number of thioether (sulfide) groups is 1. The number of urea groups is 1. The van der Waals surface area contributed by atoms with E-state index in [2.05, 4.69) is 5.32 Å². The maximum Gasteiger partial charge on any atom is 0.326 e. The molecule has 0 bridgehead atoms. The van der Waals surface area contributed by atoms with Gasteiger partial charge in [0.15, 0.2) is 0 Å². The lowest BCUT2D eigenvalue weighted by Gasteiger charge is -2.32. The Morgan fingerprint density at radius 2 is 2.16 bits per heavy atom. The Balaban J connectivity index is 2.52. The highest BCUT2D eigenvalue weighted by atomic mass is 32.2. The van der Waals surface area contributed by atoms with Crippen molar-refractivity contribution in [2.45, 2.75) is 12.5 Å². The third kappa shape index (κ3) is 4.62. The summed E-state index contributed by atoms with van der Waals surface area (Å²) < 4.78 is 0. The van der Waals surface area contributed by atoms with E-state index in [1.807, 2.05) is 6.26 Å². The fraction of sp³-hybridized carbons (Fsp3) is 0.727. The lowest BCUT2D eigenvalue weighted by molar-refractivity contribution is -0.139.